The Balaban J connectivity index is 1.63. The summed E-state index contributed by atoms with van der Waals surface area (Å²) >= 11 is 3.36. The Bertz CT molecular complexity index is 1070. The monoisotopic (exact) mass is 480 g/mol. The number of nitrogens with one attached hydrogen (secondary N) is 1. The Morgan fingerprint density at radius 1 is 1.00 bits per heavy atom. The molecule has 6 nitrogen and oxygen atoms in total. The van der Waals surface area contributed by atoms with E-state index in [0.29, 0.717) is 29.2 Å². The molecule has 3 rings (SSSR count). The molecule has 158 valence electrons. The van der Waals surface area contributed by atoms with Gasteiger partial charge in [0.15, 0.2) is 11.5 Å². The number of hydrogen-bond donors (Lipinski definition) is 1. The lowest BCUT2D eigenvalue weighted by Crippen LogP contribution is -2.19. The van der Waals surface area contributed by atoms with E-state index in [9.17, 15) is 9.59 Å². The number of nitrogens with zero attached hydrogens (tertiary/aromatic N) is 1. The van der Waals surface area contributed by atoms with E-state index in [0.717, 1.165) is 10.0 Å². The van der Waals surface area contributed by atoms with Gasteiger partial charge < -0.3 is 9.47 Å². The lowest BCUT2D eigenvalue weighted by molar-refractivity contribution is -0.120. The summed E-state index contributed by atoms with van der Waals surface area (Å²) in [6.07, 6.45) is 1.73. The van der Waals surface area contributed by atoms with Crippen LogP contribution in [0.15, 0.2) is 82.4 Å². The zero-order valence-corrected chi connectivity index (χ0v) is 18.5. The Hall–Kier alpha value is -3.45. The molecule has 1 N–H and O–H groups in total. The van der Waals surface area contributed by atoms with Crippen molar-refractivity contribution >= 4 is 34.0 Å². The van der Waals surface area contributed by atoms with Crippen LogP contribution >= 0.6 is 15.9 Å². The van der Waals surface area contributed by atoms with Crippen molar-refractivity contribution in [1.29, 1.82) is 0 Å². The molecule has 0 aliphatic heterocycles. The third-order valence-corrected chi connectivity index (χ3v) is 4.69. The zero-order valence-electron chi connectivity index (χ0n) is 16.9. The van der Waals surface area contributed by atoms with Crippen molar-refractivity contribution in [3.63, 3.8) is 0 Å². The van der Waals surface area contributed by atoms with Crippen LogP contribution in [0.3, 0.4) is 0 Å². The molecule has 0 atom stereocenters. The van der Waals surface area contributed by atoms with Gasteiger partial charge in [-0.25, -0.2) is 10.2 Å². The molecule has 0 aliphatic rings. The fourth-order valence-corrected chi connectivity index (χ4v) is 2.96. The summed E-state index contributed by atoms with van der Waals surface area (Å²) < 4.78 is 12.0. The minimum atomic E-state index is -0.469. The van der Waals surface area contributed by atoms with E-state index in [1.54, 1.807) is 42.5 Å². The Morgan fingerprint density at radius 2 is 1.74 bits per heavy atom. The standard InChI is InChI=1S/C24H21BrN2O4/c1-2-30-22-14-18(10-13-21(22)31-24(29)19-6-4-3-5-7-19)16-26-27-23(28)15-17-8-11-20(25)12-9-17/h3-14,16H,2,15H2,1H3,(H,27,28)/b26-16-. The largest absolute Gasteiger partial charge is 0.490 e. The van der Waals surface area contributed by atoms with Gasteiger partial charge in [0.05, 0.1) is 24.8 Å². The molecule has 0 unspecified atom stereocenters. The van der Waals surface area contributed by atoms with Crippen LogP contribution in [0.25, 0.3) is 0 Å². The van der Waals surface area contributed by atoms with Crippen molar-refractivity contribution in [2.75, 3.05) is 6.61 Å². The molecule has 1 amide bonds. The maximum atomic E-state index is 12.3. The molecule has 7 heteroatoms. The predicted octanol–water partition coefficient (Wildman–Crippen LogP) is 4.76. The van der Waals surface area contributed by atoms with Crippen LogP contribution < -0.4 is 14.9 Å². The van der Waals surface area contributed by atoms with E-state index in [4.69, 9.17) is 9.47 Å². The Morgan fingerprint density at radius 3 is 2.45 bits per heavy atom. The molecule has 0 saturated heterocycles. The second-order valence-corrected chi connectivity index (χ2v) is 7.41. The molecule has 0 heterocycles. The van der Waals surface area contributed by atoms with Crippen LogP contribution in [0.4, 0.5) is 0 Å². The summed E-state index contributed by atoms with van der Waals surface area (Å²) in [6, 6.07) is 21.3. The highest BCUT2D eigenvalue weighted by molar-refractivity contribution is 9.10. The number of carbonyl (C=O) groups excluding carboxylic acids is 2. The van der Waals surface area contributed by atoms with Crippen LogP contribution in [-0.2, 0) is 11.2 Å². The lowest BCUT2D eigenvalue weighted by atomic mass is 10.1. The van der Waals surface area contributed by atoms with E-state index in [-0.39, 0.29) is 12.3 Å². The van der Waals surface area contributed by atoms with Gasteiger partial charge in [-0.1, -0.05) is 46.3 Å². The van der Waals surface area contributed by atoms with E-state index in [1.165, 1.54) is 6.21 Å². The minimum Gasteiger partial charge on any atom is -0.490 e. The fraction of sp³-hybridized carbons (Fsp3) is 0.125. The number of ether oxygens (including phenoxy) is 2. The van der Waals surface area contributed by atoms with E-state index >= 15 is 0 Å². The smallest absolute Gasteiger partial charge is 0.343 e. The number of rotatable bonds is 8. The molecule has 0 saturated carbocycles. The van der Waals surface area contributed by atoms with Crippen molar-refractivity contribution in [3.05, 3.63) is 94.0 Å². The van der Waals surface area contributed by atoms with Gasteiger partial charge in [0.25, 0.3) is 0 Å². The van der Waals surface area contributed by atoms with Gasteiger partial charge in [0.1, 0.15) is 0 Å². The molecule has 0 radical (unpaired) electrons. The fourth-order valence-electron chi connectivity index (χ4n) is 2.70. The molecule has 0 spiro atoms. The molecule has 0 aromatic heterocycles. The zero-order chi connectivity index (χ0) is 22.1. The Kier molecular flexibility index (Phi) is 7.95. The SMILES string of the molecule is CCOc1cc(/C=N\NC(=O)Cc2ccc(Br)cc2)ccc1OC(=O)c1ccccc1. The van der Waals surface area contributed by atoms with Gasteiger partial charge in [-0.2, -0.15) is 5.10 Å². The normalized spacial score (nSPS) is 10.6. The van der Waals surface area contributed by atoms with Gasteiger partial charge in [0.2, 0.25) is 5.91 Å². The first kappa shape index (κ1) is 22.2. The molecule has 0 aliphatic carbocycles. The molecular formula is C24H21BrN2O4. The summed E-state index contributed by atoms with van der Waals surface area (Å²) in [5.41, 5.74) is 4.53. The molecule has 3 aromatic rings. The van der Waals surface area contributed by atoms with E-state index < -0.39 is 5.97 Å². The number of carbonyl (C=O) groups is 2. The number of amides is 1. The average Bonchev–Trinajstić information content (AvgIpc) is 2.78. The molecular weight excluding hydrogens is 460 g/mol. The lowest BCUT2D eigenvalue weighted by Gasteiger charge is -2.11. The second kappa shape index (κ2) is 11.1. The quantitative estimate of drug-likeness (QED) is 0.218. The number of benzene rings is 3. The molecule has 31 heavy (non-hydrogen) atoms. The highest BCUT2D eigenvalue weighted by Gasteiger charge is 2.13. The summed E-state index contributed by atoms with van der Waals surface area (Å²) in [6.45, 7) is 2.24. The van der Waals surface area contributed by atoms with Gasteiger partial charge in [-0.05, 0) is 60.5 Å². The van der Waals surface area contributed by atoms with Crippen molar-refractivity contribution in [1.82, 2.24) is 5.43 Å². The van der Waals surface area contributed by atoms with Crippen molar-refractivity contribution < 1.29 is 19.1 Å². The average molecular weight is 481 g/mol. The van der Waals surface area contributed by atoms with Crippen molar-refractivity contribution in [2.24, 2.45) is 5.10 Å². The highest BCUT2D eigenvalue weighted by Crippen LogP contribution is 2.29. The molecule has 3 aromatic carbocycles. The third kappa shape index (κ3) is 6.79. The third-order valence-electron chi connectivity index (χ3n) is 4.16. The topological polar surface area (TPSA) is 77.0 Å². The first-order chi connectivity index (χ1) is 15.0. The maximum Gasteiger partial charge on any atom is 0.343 e. The number of esters is 1. The Labute approximate surface area is 189 Å². The van der Waals surface area contributed by atoms with Crippen LogP contribution in [0.5, 0.6) is 11.5 Å². The van der Waals surface area contributed by atoms with Crippen LogP contribution in [-0.4, -0.2) is 24.7 Å². The predicted molar refractivity (Wildman–Crippen MR) is 123 cm³/mol. The number of hydrogen-bond acceptors (Lipinski definition) is 5. The van der Waals surface area contributed by atoms with Gasteiger partial charge >= 0.3 is 5.97 Å². The number of halogens is 1. The summed E-state index contributed by atoms with van der Waals surface area (Å²) in [5.74, 6) is 0.0317. The number of hydrazone groups is 1. The summed E-state index contributed by atoms with van der Waals surface area (Å²) in [5, 5.41) is 4.00. The first-order valence-corrected chi connectivity index (χ1v) is 10.4. The molecule has 0 bridgehead atoms. The van der Waals surface area contributed by atoms with E-state index in [2.05, 4.69) is 26.5 Å². The van der Waals surface area contributed by atoms with Gasteiger partial charge in [-0.3, -0.25) is 4.79 Å². The minimum absolute atomic E-state index is 0.225. The van der Waals surface area contributed by atoms with Gasteiger partial charge in [0, 0.05) is 4.47 Å². The first-order valence-electron chi connectivity index (χ1n) is 9.65. The summed E-state index contributed by atoms with van der Waals surface area (Å²) in [4.78, 5) is 24.4. The van der Waals surface area contributed by atoms with Crippen molar-refractivity contribution in [3.8, 4) is 11.5 Å². The van der Waals surface area contributed by atoms with Crippen LogP contribution in [0.2, 0.25) is 0 Å². The highest BCUT2D eigenvalue weighted by atomic mass is 79.9. The van der Waals surface area contributed by atoms with Crippen molar-refractivity contribution in [2.45, 2.75) is 13.3 Å². The van der Waals surface area contributed by atoms with Crippen LogP contribution in [0.1, 0.15) is 28.4 Å². The second-order valence-electron chi connectivity index (χ2n) is 6.49. The van der Waals surface area contributed by atoms with Crippen LogP contribution in [0, 0.1) is 0 Å². The van der Waals surface area contributed by atoms with E-state index in [1.807, 2.05) is 37.3 Å². The van der Waals surface area contributed by atoms with Gasteiger partial charge in [-0.15, -0.1) is 0 Å². The summed E-state index contributed by atoms with van der Waals surface area (Å²) in [7, 11) is 0. The maximum absolute atomic E-state index is 12.3. The molecule has 0 fully saturated rings.